The van der Waals surface area contributed by atoms with E-state index in [1.807, 2.05) is 0 Å². The van der Waals surface area contributed by atoms with Crippen molar-refractivity contribution in [2.45, 2.75) is 26.2 Å². The van der Waals surface area contributed by atoms with Gasteiger partial charge in [0.05, 0.1) is 6.61 Å². The van der Waals surface area contributed by atoms with Crippen molar-refractivity contribution >= 4 is 0 Å². The summed E-state index contributed by atoms with van der Waals surface area (Å²) in [5.41, 5.74) is 0. The Morgan fingerprint density at radius 2 is 2.08 bits per heavy atom. The minimum Gasteiger partial charge on any atom is -0.383 e. The molecule has 1 aliphatic carbocycles. The quantitative estimate of drug-likeness (QED) is 0.578. The topological polar surface area (TPSA) is 12.5 Å². The van der Waals surface area contributed by atoms with E-state index in [1.165, 1.54) is 32.4 Å². The van der Waals surface area contributed by atoms with Gasteiger partial charge in [0, 0.05) is 20.2 Å². The average molecular weight is 171 g/mol. The highest BCUT2D eigenvalue weighted by Gasteiger charge is 2.23. The van der Waals surface area contributed by atoms with E-state index < -0.39 is 0 Å². The zero-order valence-electron chi connectivity index (χ0n) is 8.38. The van der Waals surface area contributed by atoms with Crippen LogP contribution in [0, 0.1) is 5.92 Å². The second-order valence-corrected chi connectivity index (χ2v) is 3.74. The number of nitrogens with zero attached hydrogens (tertiary/aromatic N) is 1. The molecule has 1 aliphatic rings. The van der Waals surface area contributed by atoms with Gasteiger partial charge < -0.3 is 9.64 Å². The Morgan fingerprint density at radius 3 is 2.58 bits per heavy atom. The van der Waals surface area contributed by atoms with Crippen molar-refractivity contribution in [3.05, 3.63) is 0 Å². The molecule has 1 rings (SSSR count). The van der Waals surface area contributed by atoms with Gasteiger partial charge in [-0.2, -0.15) is 0 Å². The van der Waals surface area contributed by atoms with Gasteiger partial charge in [0.1, 0.15) is 0 Å². The fourth-order valence-electron chi connectivity index (χ4n) is 1.50. The smallest absolute Gasteiger partial charge is 0.0589 e. The van der Waals surface area contributed by atoms with Gasteiger partial charge >= 0.3 is 0 Å². The second-order valence-electron chi connectivity index (χ2n) is 3.74. The Balaban J connectivity index is 2.07. The SMILES string of the molecule is CCCN(CCOC)CC1CC1. The van der Waals surface area contributed by atoms with Crippen molar-refractivity contribution in [1.29, 1.82) is 0 Å². The lowest BCUT2D eigenvalue weighted by Crippen LogP contribution is -2.30. The largest absolute Gasteiger partial charge is 0.383 e. The molecule has 1 fully saturated rings. The van der Waals surface area contributed by atoms with Gasteiger partial charge in [0.25, 0.3) is 0 Å². The standard InChI is InChI=1S/C10H21NO/c1-3-6-11(7-8-12-2)9-10-4-5-10/h10H,3-9H2,1-2H3. The van der Waals surface area contributed by atoms with Gasteiger partial charge in [-0.1, -0.05) is 6.92 Å². The molecule has 0 aliphatic heterocycles. The lowest BCUT2D eigenvalue weighted by molar-refractivity contribution is 0.145. The maximum absolute atomic E-state index is 5.08. The van der Waals surface area contributed by atoms with E-state index in [4.69, 9.17) is 4.74 Å². The van der Waals surface area contributed by atoms with Crippen molar-refractivity contribution in [3.8, 4) is 0 Å². The monoisotopic (exact) mass is 171 g/mol. The first-order valence-corrected chi connectivity index (χ1v) is 5.08. The minimum atomic E-state index is 0.882. The van der Waals surface area contributed by atoms with E-state index in [0.717, 1.165) is 19.1 Å². The molecule has 2 nitrogen and oxygen atoms in total. The summed E-state index contributed by atoms with van der Waals surface area (Å²) in [6.07, 6.45) is 4.16. The molecule has 0 radical (unpaired) electrons. The Morgan fingerprint density at radius 1 is 1.33 bits per heavy atom. The molecule has 12 heavy (non-hydrogen) atoms. The summed E-state index contributed by atoms with van der Waals surface area (Å²) in [5, 5.41) is 0. The van der Waals surface area contributed by atoms with Crippen molar-refractivity contribution in [1.82, 2.24) is 4.90 Å². The maximum Gasteiger partial charge on any atom is 0.0589 e. The van der Waals surface area contributed by atoms with E-state index >= 15 is 0 Å². The van der Waals surface area contributed by atoms with E-state index in [-0.39, 0.29) is 0 Å². The summed E-state index contributed by atoms with van der Waals surface area (Å²) in [4.78, 5) is 2.53. The summed E-state index contributed by atoms with van der Waals surface area (Å²) >= 11 is 0. The fourth-order valence-corrected chi connectivity index (χ4v) is 1.50. The molecule has 0 amide bonds. The van der Waals surface area contributed by atoms with Gasteiger partial charge in [-0.15, -0.1) is 0 Å². The molecule has 0 heterocycles. The highest BCUT2D eigenvalue weighted by atomic mass is 16.5. The first kappa shape index (κ1) is 10.0. The summed E-state index contributed by atoms with van der Waals surface area (Å²) in [6.45, 7) is 6.78. The number of rotatable bonds is 7. The zero-order valence-corrected chi connectivity index (χ0v) is 8.38. The van der Waals surface area contributed by atoms with Crippen LogP contribution >= 0.6 is 0 Å². The predicted molar refractivity (Wildman–Crippen MR) is 51.3 cm³/mol. The van der Waals surface area contributed by atoms with Gasteiger partial charge in [0.15, 0.2) is 0 Å². The molecule has 0 saturated heterocycles. The third-order valence-electron chi connectivity index (χ3n) is 2.36. The Bertz CT molecular complexity index is 112. The molecular formula is C10H21NO. The molecule has 0 unspecified atom stereocenters. The van der Waals surface area contributed by atoms with Crippen LogP contribution in [-0.2, 0) is 4.74 Å². The van der Waals surface area contributed by atoms with Crippen molar-refractivity contribution in [2.24, 2.45) is 5.92 Å². The highest BCUT2D eigenvalue weighted by Crippen LogP contribution is 2.29. The lowest BCUT2D eigenvalue weighted by atomic mass is 10.3. The molecule has 0 aromatic heterocycles. The molecule has 0 N–H and O–H groups in total. The minimum absolute atomic E-state index is 0.882. The molecule has 0 aromatic carbocycles. The van der Waals surface area contributed by atoms with E-state index in [2.05, 4.69) is 11.8 Å². The first-order chi connectivity index (χ1) is 5.86. The number of methoxy groups -OCH3 is 1. The molecule has 0 atom stereocenters. The van der Waals surface area contributed by atoms with Crippen LogP contribution in [0.25, 0.3) is 0 Å². The number of hydrogen-bond acceptors (Lipinski definition) is 2. The number of hydrogen-bond donors (Lipinski definition) is 0. The van der Waals surface area contributed by atoms with Gasteiger partial charge in [-0.3, -0.25) is 0 Å². The first-order valence-electron chi connectivity index (χ1n) is 5.08. The summed E-state index contributed by atoms with van der Waals surface area (Å²) in [6, 6.07) is 0. The highest BCUT2D eigenvalue weighted by molar-refractivity contribution is 4.77. The molecule has 72 valence electrons. The second kappa shape index (κ2) is 5.55. The maximum atomic E-state index is 5.08. The molecule has 0 spiro atoms. The van der Waals surface area contributed by atoms with Crippen LogP contribution in [0.15, 0.2) is 0 Å². The summed E-state index contributed by atoms with van der Waals surface area (Å²) in [5.74, 6) is 1.01. The van der Waals surface area contributed by atoms with Crippen molar-refractivity contribution < 1.29 is 4.74 Å². The third-order valence-corrected chi connectivity index (χ3v) is 2.36. The Kier molecular flexibility index (Phi) is 4.62. The zero-order chi connectivity index (χ0) is 8.81. The molecule has 1 saturated carbocycles. The van der Waals surface area contributed by atoms with Crippen LogP contribution in [0.1, 0.15) is 26.2 Å². The fraction of sp³-hybridized carbons (Fsp3) is 1.00. The third kappa shape index (κ3) is 4.07. The lowest BCUT2D eigenvalue weighted by Gasteiger charge is -2.20. The number of ether oxygens (including phenoxy) is 1. The Labute approximate surface area is 75.9 Å². The van der Waals surface area contributed by atoms with Crippen LogP contribution < -0.4 is 0 Å². The van der Waals surface area contributed by atoms with Crippen LogP contribution in [0.3, 0.4) is 0 Å². The normalized spacial score (nSPS) is 17.2. The van der Waals surface area contributed by atoms with Crippen LogP contribution in [0.2, 0.25) is 0 Å². The summed E-state index contributed by atoms with van der Waals surface area (Å²) < 4.78 is 5.08. The van der Waals surface area contributed by atoms with Crippen molar-refractivity contribution in [2.75, 3.05) is 33.4 Å². The molecule has 0 bridgehead atoms. The van der Waals surface area contributed by atoms with Crippen LogP contribution in [0.5, 0.6) is 0 Å². The van der Waals surface area contributed by atoms with Crippen molar-refractivity contribution in [3.63, 3.8) is 0 Å². The average Bonchev–Trinajstić information content (AvgIpc) is 2.84. The van der Waals surface area contributed by atoms with E-state index in [1.54, 1.807) is 7.11 Å². The van der Waals surface area contributed by atoms with E-state index in [9.17, 15) is 0 Å². The Hall–Kier alpha value is -0.0800. The van der Waals surface area contributed by atoms with E-state index in [0.29, 0.717) is 0 Å². The van der Waals surface area contributed by atoms with Gasteiger partial charge in [-0.05, 0) is 31.7 Å². The van der Waals surface area contributed by atoms with Crippen LogP contribution in [-0.4, -0.2) is 38.3 Å². The van der Waals surface area contributed by atoms with Gasteiger partial charge in [-0.25, -0.2) is 0 Å². The molecule has 2 heteroatoms. The predicted octanol–water partition coefficient (Wildman–Crippen LogP) is 1.75. The molecule has 0 aromatic rings. The van der Waals surface area contributed by atoms with Gasteiger partial charge in [0.2, 0.25) is 0 Å². The van der Waals surface area contributed by atoms with Crippen LogP contribution in [0.4, 0.5) is 0 Å². The summed E-state index contributed by atoms with van der Waals surface area (Å²) in [7, 11) is 1.78. The molecular weight excluding hydrogens is 150 g/mol.